The molecule has 0 aliphatic carbocycles. The van der Waals surface area contributed by atoms with Crippen molar-refractivity contribution >= 4 is 21.6 Å². The van der Waals surface area contributed by atoms with Crippen LogP contribution in [0.15, 0.2) is 16.6 Å². The third-order valence-corrected chi connectivity index (χ3v) is 2.59. The van der Waals surface area contributed by atoms with Crippen molar-refractivity contribution in [1.29, 1.82) is 0 Å². The maximum absolute atomic E-state index is 13.3. The first-order valence-corrected chi connectivity index (χ1v) is 5.08. The highest BCUT2D eigenvalue weighted by atomic mass is 79.9. The van der Waals surface area contributed by atoms with Crippen LogP contribution < -0.4 is 10.6 Å². The summed E-state index contributed by atoms with van der Waals surface area (Å²) in [5.41, 5.74) is -0.0419. The summed E-state index contributed by atoms with van der Waals surface area (Å²) >= 11 is 3.02. The number of hydrogen-bond acceptors (Lipinski definition) is 2. The van der Waals surface area contributed by atoms with E-state index in [1.165, 1.54) is 12.1 Å². The lowest BCUT2D eigenvalue weighted by Gasteiger charge is -2.29. The van der Waals surface area contributed by atoms with Crippen LogP contribution >= 0.6 is 15.9 Å². The number of hydrogen-bond donors (Lipinski definition) is 2. The Balaban J connectivity index is 2.22. The molecule has 2 nitrogen and oxygen atoms in total. The molecule has 1 aliphatic rings. The van der Waals surface area contributed by atoms with Gasteiger partial charge in [-0.3, -0.25) is 0 Å². The van der Waals surface area contributed by atoms with E-state index in [1.54, 1.807) is 0 Å². The van der Waals surface area contributed by atoms with Gasteiger partial charge in [-0.2, -0.15) is 0 Å². The highest BCUT2D eigenvalue weighted by Gasteiger charge is 2.20. The molecule has 1 fully saturated rings. The van der Waals surface area contributed by atoms with Crippen molar-refractivity contribution in [2.24, 2.45) is 0 Å². The van der Waals surface area contributed by atoms with E-state index in [0.29, 0.717) is 4.47 Å². The Morgan fingerprint density at radius 3 is 2.29 bits per heavy atom. The van der Waals surface area contributed by atoms with Crippen LogP contribution in [-0.2, 0) is 0 Å². The lowest BCUT2D eigenvalue weighted by molar-refractivity contribution is 0.465. The lowest BCUT2D eigenvalue weighted by atomic mass is 10.1. The van der Waals surface area contributed by atoms with Gasteiger partial charge in [-0.15, -0.1) is 0 Å². The zero-order chi connectivity index (χ0) is 10.1. The Hall–Kier alpha value is -0.680. The number of anilines is 1. The molecule has 0 atom stereocenters. The number of nitrogens with one attached hydrogen (secondary N) is 2. The maximum atomic E-state index is 13.3. The van der Waals surface area contributed by atoms with Gasteiger partial charge in [0.1, 0.15) is 17.3 Å². The van der Waals surface area contributed by atoms with E-state index >= 15 is 0 Å². The predicted molar refractivity (Wildman–Crippen MR) is 54.3 cm³/mol. The van der Waals surface area contributed by atoms with E-state index in [0.717, 1.165) is 13.1 Å². The van der Waals surface area contributed by atoms with Crippen LogP contribution in [0.1, 0.15) is 0 Å². The molecule has 1 aromatic rings. The summed E-state index contributed by atoms with van der Waals surface area (Å²) in [4.78, 5) is 0. The number of rotatable bonds is 2. The summed E-state index contributed by atoms with van der Waals surface area (Å²) in [6.45, 7) is 1.49. The van der Waals surface area contributed by atoms with Crippen molar-refractivity contribution in [3.8, 4) is 0 Å². The first kappa shape index (κ1) is 9.86. The molecule has 0 unspecified atom stereocenters. The molecule has 1 aromatic carbocycles. The van der Waals surface area contributed by atoms with E-state index in [4.69, 9.17) is 0 Å². The Morgan fingerprint density at radius 2 is 1.86 bits per heavy atom. The molecule has 2 rings (SSSR count). The normalized spacial score (nSPS) is 16.5. The van der Waals surface area contributed by atoms with Crippen LogP contribution in [0.25, 0.3) is 0 Å². The minimum atomic E-state index is -0.566. The van der Waals surface area contributed by atoms with Gasteiger partial charge in [0.2, 0.25) is 0 Å². The zero-order valence-electron chi connectivity index (χ0n) is 7.28. The molecule has 0 spiro atoms. The summed E-state index contributed by atoms with van der Waals surface area (Å²) in [5.74, 6) is -1.13. The van der Waals surface area contributed by atoms with Gasteiger partial charge in [0.05, 0.1) is 6.04 Å². The van der Waals surface area contributed by atoms with Crippen molar-refractivity contribution in [3.63, 3.8) is 0 Å². The fourth-order valence-electron chi connectivity index (χ4n) is 1.27. The SMILES string of the molecule is Fc1cc(Br)cc(F)c1NC1CNC1. The maximum Gasteiger partial charge on any atom is 0.150 e. The summed E-state index contributed by atoms with van der Waals surface area (Å²) in [6.07, 6.45) is 0. The Morgan fingerprint density at radius 1 is 1.29 bits per heavy atom. The minimum absolute atomic E-state index is 0.0419. The van der Waals surface area contributed by atoms with Gasteiger partial charge in [-0.1, -0.05) is 15.9 Å². The third kappa shape index (κ3) is 1.88. The van der Waals surface area contributed by atoms with Gasteiger partial charge < -0.3 is 10.6 Å². The standard InChI is InChI=1S/C9H9BrF2N2/c10-5-1-7(11)9(8(12)2-5)14-6-3-13-4-6/h1-2,6,13-14H,3-4H2. The van der Waals surface area contributed by atoms with E-state index in [9.17, 15) is 8.78 Å². The van der Waals surface area contributed by atoms with Crippen molar-refractivity contribution < 1.29 is 8.78 Å². The van der Waals surface area contributed by atoms with Crippen LogP contribution in [0.5, 0.6) is 0 Å². The van der Waals surface area contributed by atoms with E-state index < -0.39 is 11.6 Å². The first-order valence-electron chi connectivity index (χ1n) is 4.28. The van der Waals surface area contributed by atoms with Crippen molar-refractivity contribution in [1.82, 2.24) is 5.32 Å². The molecule has 0 bridgehead atoms. The Labute approximate surface area is 88.8 Å². The summed E-state index contributed by atoms with van der Waals surface area (Å²) in [6, 6.07) is 2.62. The van der Waals surface area contributed by atoms with Gasteiger partial charge in [-0.05, 0) is 12.1 Å². The zero-order valence-corrected chi connectivity index (χ0v) is 8.87. The van der Waals surface area contributed by atoms with E-state index in [-0.39, 0.29) is 11.7 Å². The second-order valence-electron chi connectivity index (χ2n) is 3.24. The van der Waals surface area contributed by atoms with Crippen LogP contribution in [0.2, 0.25) is 0 Å². The topological polar surface area (TPSA) is 24.1 Å². The van der Waals surface area contributed by atoms with Crippen LogP contribution in [0, 0.1) is 11.6 Å². The van der Waals surface area contributed by atoms with E-state index in [2.05, 4.69) is 26.6 Å². The van der Waals surface area contributed by atoms with Crippen molar-refractivity contribution in [3.05, 3.63) is 28.2 Å². The quantitative estimate of drug-likeness (QED) is 0.853. The lowest BCUT2D eigenvalue weighted by Crippen LogP contribution is -2.51. The van der Waals surface area contributed by atoms with Gasteiger partial charge >= 0.3 is 0 Å². The minimum Gasteiger partial charge on any atom is -0.375 e. The molecule has 0 aromatic heterocycles. The highest BCUT2D eigenvalue weighted by molar-refractivity contribution is 9.10. The smallest absolute Gasteiger partial charge is 0.150 e. The highest BCUT2D eigenvalue weighted by Crippen LogP contribution is 2.24. The third-order valence-electron chi connectivity index (χ3n) is 2.14. The molecular weight excluding hydrogens is 254 g/mol. The molecule has 0 radical (unpaired) electrons. The number of benzene rings is 1. The molecule has 76 valence electrons. The Kier molecular flexibility index (Phi) is 2.69. The summed E-state index contributed by atoms with van der Waals surface area (Å²) in [7, 11) is 0. The fourth-order valence-corrected chi connectivity index (χ4v) is 1.68. The van der Waals surface area contributed by atoms with Crippen LogP contribution in [-0.4, -0.2) is 19.1 Å². The van der Waals surface area contributed by atoms with E-state index in [1.807, 2.05) is 0 Å². The second-order valence-corrected chi connectivity index (χ2v) is 4.16. The molecule has 1 saturated heterocycles. The fraction of sp³-hybridized carbons (Fsp3) is 0.333. The monoisotopic (exact) mass is 262 g/mol. The van der Waals surface area contributed by atoms with Crippen molar-refractivity contribution in [2.45, 2.75) is 6.04 Å². The second kappa shape index (κ2) is 3.82. The average molecular weight is 263 g/mol. The molecule has 0 saturated carbocycles. The van der Waals surface area contributed by atoms with Gasteiger partial charge in [-0.25, -0.2) is 8.78 Å². The molecule has 0 amide bonds. The van der Waals surface area contributed by atoms with Gasteiger partial charge in [0.15, 0.2) is 0 Å². The molecule has 1 aliphatic heterocycles. The van der Waals surface area contributed by atoms with Crippen LogP contribution in [0.3, 0.4) is 0 Å². The Bertz CT molecular complexity index is 330. The van der Waals surface area contributed by atoms with Gasteiger partial charge in [0.25, 0.3) is 0 Å². The summed E-state index contributed by atoms with van der Waals surface area (Å²) in [5, 5.41) is 5.82. The molecule has 14 heavy (non-hydrogen) atoms. The molecule has 2 N–H and O–H groups in total. The molecule has 1 heterocycles. The average Bonchev–Trinajstić information content (AvgIpc) is 1.98. The van der Waals surface area contributed by atoms with Gasteiger partial charge in [0, 0.05) is 17.6 Å². The largest absolute Gasteiger partial charge is 0.375 e. The summed E-state index contributed by atoms with van der Waals surface area (Å²) < 4.78 is 27.0. The first-order chi connectivity index (χ1) is 6.66. The number of halogens is 3. The predicted octanol–water partition coefficient (Wildman–Crippen LogP) is 2.11. The van der Waals surface area contributed by atoms with Crippen molar-refractivity contribution in [2.75, 3.05) is 18.4 Å². The van der Waals surface area contributed by atoms with Crippen LogP contribution in [0.4, 0.5) is 14.5 Å². The molecule has 5 heteroatoms. The molecular formula is C9H9BrF2N2.